The Morgan fingerprint density at radius 1 is 1.50 bits per heavy atom. The molecule has 0 saturated heterocycles. The van der Waals surface area contributed by atoms with Gasteiger partial charge in [0.25, 0.3) is 15.0 Å². The fourth-order valence-corrected chi connectivity index (χ4v) is 3.72. The molecule has 2 rings (SSSR count). The lowest BCUT2D eigenvalue weighted by atomic mass is 10.2. The third-order valence-corrected chi connectivity index (χ3v) is 5.20. The second kappa shape index (κ2) is 4.83. The van der Waals surface area contributed by atoms with Crippen molar-refractivity contribution in [2.75, 3.05) is 0 Å². The van der Waals surface area contributed by atoms with E-state index in [9.17, 15) is 13.2 Å². The van der Waals surface area contributed by atoms with Crippen LogP contribution in [0.5, 0.6) is 0 Å². The van der Waals surface area contributed by atoms with Crippen LogP contribution < -0.4 is 5.32 Å². The maximum Gasteiger partial charge on any atom is 0.262 e. The number of amides is 1. The molecule has 4 nitrogen and oxygen atoms in total. The molecular weight excluding hydrogens is 342 g/mol. The number of nitrogens with one attached hydrogen (secondary N) is 1. The molecule has 1 aliphatic rings. The minimum absolute atomic E-state index is 0.0966. The number of carbonyl (C=O) groups excluding carboxylic acids is 1. The smallest absolute Gasteiger partial charge is 0.262 e. The highest BCUT2D eigenvalue weighted by molar-refractivity contribution is 9.10. The number of benzene rings is 1. The van der Waals surface area contributed by atoms with Crippen molar-refractivity contribution >= 4 is 41.6 Å². The Kier molecular flexibility index (Phi) is 3.71. The Hall–Kier alpha value is -0.590. The van der Waals surface area contributed by atoms with Crippen molar-refractivity contribution in [2.24, 2.45) is 5.92 Å². The summed E-state index contributed by atoms with van der Waals surface area (Å²) in [5.41, 5.74) is 0.288. The molecular formula is C11H11BrClNO3S. The molecule has 0 aliphatic heterocycles. The maximum absolute atomic E-state index is 11.9. The van der Waals surface area contributed by atoms with E-state index in [1.165, 1.54) is 12.1 Å². The SMILES string of the molecule is CC1CC1NC(=O)c1ccc(Br)c(S(=O)(=O)Cl)c1. The number of halogens is 2. The number of rotatable bonds is 3. The van der Waals surface area contributed by atoms with Crippen LogP contribution in [-0.2, 0) is 9.05 Å². The predicted molar refractivity (Wildman–Crippen MR) is 72.2 cm³/mol. The second-order valence-electron chi connectivity index (χ2n) is 4.38. The minimum atomic E-state index is -3.87. The average molecular weight is 353 g/mol. The predicted octanol–water partition coefficient (Wildman–Crippen LogP) is 2.51. The summed E-state index contributed by atoms with van der Waals surface area (Å²) in [6, 6.07) is 4.52. The Morgan fingerprint density at radius 2 is 2.11 bits per heavy atom. The van der Waals surface area contributed by atoms with Crippen LogP contribution >= 0.6 is 26.6 Å². The molecule has 1 amide bonds. The monoisotopic (exact) mass is 351 g/mol. The Balaban J connectivity index is 2.27. The fourth-order valence-electron chi connectivity index (χ4n) is 1.61. The summed E-state index contributed by atoms with van der Waals surface area (Å²) >= 11 is 3.09. The van der Waals surface area contributed by atoms with Crippen LogP contribution in [0.2, 0.25) is 0 Å². The highest BCUT2D eigenvalue weighted by atomic mass is 79.9. The molecule has 18 heavy (non-hydrogen) atoms. The number of carbonyl (C=O) groups is 1. The lowest BCUT2D eigenvalue weighted by molar-refractivity contribution is 0.0949. The Bertz CT molecular complexity index is 602. The van der Waals surface area contributed by atoms with Gasteiger partial charge in [0.15, 0.2) is 0 Å². The molecule has 7 heteroatoms. The molecule has 0 spiro atoms. The summed E-state index contributed by atoms with van der Waals surface area (Å²) in [6.45, 7) is 2.04. The zero-order valence-corrected chi connectivity index (χ0v) is 12.6. The van der Waals surface area contributed by atoms with Gasteiger partial charge in [-0.25, -0.2) is 8.42 Å². The molecule has 0 bridgehead atoms. The highest BCUT2D eigenvalue weighted by Gasteiger charge is 2.34. The molecule has 1 aromatic carbocycles. The zero-order valence-electron chi connectivity index (χ0n) is 9.48. The number of hydrogen-bond acceptors (Lipinski definition) is 3. The third kappa shape index (κ3) is 3.05. The highest BCUT2D eigenvalue weighted by Crippen LogP contribution is 2.30. The van der Waals surface area contributed by atoms with Crippen molar-refractivity contribution in [2.45, 2.75) is 24.3 Å². The summed E-state index contributed by atoms with van der Waals surface area (Å²) < 4.78 is 23.0. The summed E-state index contributed by atoms with van der Waals surface area (Å²) in [7, 11) is 1.42. The van der Waals surface area contributed by atoms with Crippen molar-refractivity contribution < 1.29 is 13.2 Å². The largest absolute Gasteiger partial charge is 0.349 e. The molecule has 1 N–H and O–H groups in total. The average Bonchev–Trinajstić information content (AvgIpc) is 2.93. The lowest BCUT2D eigenvalue weighted by Crippen LogP contribution is -2.26. The second-order valence-corrected chi connectivity index (χ2v) is 7.76. The van der Waals surface area contributed by atoms with E-state index < -0.39 is 9.05 Å². The van der Waals surface area contributed by atoms with Gasteiger partial charge in [-0.05, 0) is 46.5 Å². The zero-order chi connectivity index (χ0) is 13.5. The molecule has 2 atom stereocenters. The van der Waals surface area contributed by atoms with Crippen LogP contribution in [-0.4, -0.2) is 20.4 Å². The van der Waals surface area contributed by atoms with Gasteiger partial charge in [0.1, 0.15) is 0 Å². The van der Waals surface area contributed by atoms with E-state index in [-0.39, 0.29) is 22.4 Å². The normalized spacial score (nSPS) is 22.6. The van der Waals surface area contributed by atoms with Gasteiger partial charge in [-0.15, -0.1) is 0 Å². The first-order valence-corrected chi connectivity index (χ1v) is 8.44. The minimum Gasteiger partial charge on any atom is -0.349 e. The van der Waals surface area contributed by atoms with Crippen LogP contribution in [0.1, 0.15) is 23.7 Å². The molecule has 1 aliphatic carbocycles. The van der Waals surface area contributed by atoms with Crippen molar-refractivity contribution in [1.29, 1.82) is 0 Å². The third-order valence-electron chi connectivity index (χ3n) is 2.88. The Morgan fingerprint density at radius 3 is 2.61 bits per heavy atom. The van der Waals surface area contributed by atoms with Crippen LogP contribution in [0.3, 0.4) is 0 Å². The van der Waals surface area contributed by atoms with E-state index in [1.54, 1.807) is 6.07 Å². The van der Waals surface area contributed by atoms with Crippen molar-refractivity contribution in [3.05, 3.63) is 28.2 Å². The van der Waals surface area contributed by atoms with Crippen LogP contribution in [0.15, 0.2) is 27.6 Å². The summed E-state index contributed by atoms with van der Waals surface area (Å²) in [5, 5.41) is 2.83. The molecule has 2 unspecified atom stereocenters. The van der Waals surface area contributed by atoms with E-state index in [0.717, 1.165) is 6.42 Å². The topological polar surface area (TPSA) is 63.2 Å². The number of hydrogen-bond donors (Lipinski definition) is 1. The van der Waals surface area contributed by atoms with Crippen LogP contribution in [0, 0.1) is 5.92 Å². The van der Waals surface area contributed by atoms with E-state index in [0.29, 0.717) is 10.4 Å². The van der Waals surface area contributed by atoms with Gasteiger partial charge in [-0.1, -0.05) is 6.92 Å². The van der Waals surface area contributed by atoms with E-state index in [2.05, 4.69) is 21.2 Å². The van der Waals surface area contributed by atoms with Gasteiger partial charge >= 0.3 is 0 Å². The van der Waals surface area contributed by atoms with E-state index in [4.69, 9.17) is 10.7 Å². The molecule has 1 fully saturated rings. The van der Waals surface area contributed by atoms with Gasteiger partial charge < -0.3 is 5.32 Å². The van der Waals surface area contributed by atoms with Crippen molar-refractivity contribution in [3.8, 4) is 0 Å². The fraction of sp³-hybridized carbons (Fsp3) is 0.364. The van der Waals surface area contributed by atoms with Gasteiger partial charge in [0, 0.05) is 26.8 Å². The van der Waals surface area contributed by atoms with Gasteiger partial charge in [-0.2, -0.15) is 0 Å². The first-order chi connectivity index (χ1) is 8.29. The standard InChI is InChI=1S/C11H11BrClNO3S/c1-6-4-9(6)14-11(15)7-2-3-8(12)10(5-7)18(13,16)17/h2-3,5-6,9H,4H2,1H3,(H,14,15). The molecule has 0 aromatic heterocycles. The molecule has 0 radical (unpaired) electrons. The quantitative estimate of drug-likeness (QED) is 0.850. The van der Waals surface area contributed by atoms with Gasteiger partial charge in [-0.3, -0.25) is 4.79 Å². The van der Waals surface area contributed by atoms with Gasteiger partial charge in [0.2, 0.25) is 0 Å². The molecule has 0 heterocycles. The first-order valence-electron chi connectivity index (χ1n) is 5.34. The van der Waals surface area contributed by atoms with Crippen molar-refractivity contribution in [3.63, 3.8) is 0 Å². The van der Waals surface area contributed by atoms with Gasteiger partial charge in [0.05, 0.1) is 4.90 Å². The molecule has 98 valence electrons. The summed E-state index contributed by atoms with van der Waals surface area (Å²) in [4.78, 5) is 11.8. The summed E-state index contributed by atoms with van der Waals surface area (Å²) in [5.74, 6) is 0.207. The van der Waals surface area contributed by atoms with Crippen LogP contribution in [0.4, 0.5) is 0 Å². The van der Waals surface area contributed by atoms with Crippen LogP contribution in [0.25, 0.3) is 0 Å². The van der Waals surface area contributed by atoms with E-state index >= 15 is 0 Å². The van der Waals surface area contributed by atoms with Crippen molar-refractivity contribution in [1.82, 2.24) is 5.32 Å². The summed E-state index contributed by atoms with van der Waals surface area (Å²) in [6.07, 6.45) is 0.961. The Labute approximate surface area is 118 Å². The molecule has 1 aromatic rings. The maximum atomic E-state index is 11.9. The molecule has 1 saturated carbocycles. The lowest BCUT2D eigenvalue weighted by Gasteiger charge is -2.06. The first kappa shape index (κ1) is 13.8. The van der Waals surface area contributed by atoms with E-state index in [1.807, 2.05) is 6.92 Å².